The Hall–Kier alpha value is -3.65. The van der Waals surface area contributed by atoms with Crippen molar-refractivity contribution in [2.45, 2.75) is 0 Å². The van der Waals surface area contributed by atoms with Gasteiger partial charge < -0.3 is 14.8 Å². The fourth-order valence-corrected chi connectivity index (χ4v) is 3.36. The molecule has 0 atom stereocenters. The number of halogens is 1. The highest BCUT2D eigenvalue weighted by molar-refractivity contribution is 9.10. The molecule has 7 nitrogen and oxygen atoms in total. The summed E-state index contributed by atoms with van der Waals surface area (Å²) in [4.78, 5) is 25.8. The molecule has 3 aromatic carbocycles. The van der Waals surface area contributed by atoms with E-state index >= 15 is 0 Å². The fourth-order valence-electron chi connectivity index (χ4n) is 3.00. The second-order valence-electron chi connectivity index (χ2n) is 6.81. The minimum Gasteiger partial charge on any atom is -0.493 e. The molecular weight excluding hydrogens is 474 g/mol. The van der Waals surface area contributed by atoms with Gasteiger partial charge >= 0.3 is 5.91 Å². The molecule has 0 saturated heterocycles. The van der Waals surface area contributed by atoms with Crippen molar-refractivity contribution in [2.75, 3.05) is 26.6 Å². The first-order valence-corrected chi connectivity index (χ1v) is 10.5. The van der Waals surface area contributed by atoms with Crippen molar-refractivity contribution in [1.82, 2.24) is 5.43 Å². The molecule has 0 aliphatic heterocycles. The van der Waals surface area contributed by atoms with Gasteiger partial charge in [-0.3, -0.25) is 9.59 Å². The first-order chi connectivity index (χ1) is 15.4. The number of hydrogen-bond donors (Lipinski definition) is 2. The molecule has 164 valence electrons. The normalized spacial score (nSPS) is 10.9. The minimum atomic E-state index is -0.383. The van der Waals surface area contributed by atoms with Crippen LogP contribution in [0.25, 0.3) is 0 Å². The van der Waals surface area contributed by atoms with Gasteiger partial charge in [0.1, 0.15) is 0 Å². The smallest absolute Gasteiger partial charge is 0.307 e. The van der Waals surface area contributed by atoms with Crippen LogP contribution in [-0.4, -0.2) is 44.0 Å². The number of ether oxygens (including phenoxy) is 2. The number of hydrazine groups is 1. The standard InChI is InChI=1S/C24H22BrN3O4/c1-28(15-16-7-5-4-6-8-16)27-24(30)19-14-18(25)10-11-20(19)26-23(29)17-9-12-21(31-2)22(13-17)32-3/h4-15H,1-3H3,(H-,26,27,29,30)/p+1. The molecule has 2 N–H and O–H groups in total. The van der Waals surface area contributed by atoms with E-state index in [1.807, 2.05) is 30.3 Å². The third-order valence-electron chi connectivity index (χ3n) is 4.54. The first kappa shape index (κ1) is 23.0. The van der Waals surface area contributed by atoms with Crippen molar-refractivity contribution in [3.8, 4) is 11.5 Å². The summed E-state index contributed by atoms with van der Waals surface area (Å²) in [6.07, 6.45) is 1.79. The molecule has 0 spiro atoms. The number of carbonyl (C=O) groups excluding carboxylic acids is 2. The molecule has 3 rings (SSSR count). The summed E-state index contributed by atoms with van der Waals surface area (Å²) in [6, 6.07) is 19.5. The Balaban J connectivity index is 1.82. The van der Waals surface area contributed by atoms with Crippen LogP contribution in [0.3, 0.4) is 0 Å². The Morgan fingerprint density at radius 2 is 1.62 bits per heavy atom. The number of nitrogens with one attached hydrogen (secondary N) is 2. The number of amides is 2. The van der Waals surface area contributed by atoms with Gasteiger partial charge in [0.05, 0.1) is 25.5 Å². The molecule has 0 fully saturated rings. The Bertz CT molecular complexity index is 1160. The predicted molar refractivity (Wildman–Crippen MR) is 127 cm³/mol. The number of rotatable bonds is 7. The van der Waals surface area contributed by atoms with Gasteiger partial charge in [-0.2, -0.15) is 0 Å². The molecule has 0 aliphatic rings. The van der Waals surface area contributed by atoms with E-state index in [2.05, 4.69) is 26.7 Å². The van der Waals surface area contributed by atoms with Crippen molar-refractivity contribution in [3.63, 3.8) is 0 Å². The maximum absolute atomic E-state index is 12.9. The molecule has 32 heavy (non-hydrogen) atoms. The molecule has 3 aromatic rings. The van der Waals surface area contributed by atoms with Gasteiger partial charge in [-0.1, -0.05) is 34.1 Å². The zero-order valence-corrected chi connectivity index (χ0v) is 19.5. The number of methoxy groups -OCH3 is 2. The highest BCUT2D eigenvalue weighted by Crippen LogP contribution is 2.28. The molecule has 0 unspecified atom stereocenters. The summed E-state index contributed by atoms with van der Waals surface area (Å²) in [7, 11) is 4.75. The second kappa shape index (κ2) is 10.6. The van der Waals surface area contributed by atoms with Crippen LogP contribution in [0, 0.1) is 0 Å². The summed E-state index contributed by atoms with van der Waals surface area (Å²) < 4.78 is 12.8. The van der Waals surface area contributed by atoms with Crippen LogP contribution in [0.15, 0.2) is 71.2 Å². The minimum absolute atomic E-state index is 0.307. The van der Waals surface area contributed by atoms with Crippen LogP contribution in [0.4, 0.5) is 5.69 Å². The average Bonchev–Trinajstić information content (AvgIpc) is 2.80. The van der Waals surface area contributed by atoms with Crippen LogP contribution in [0.5, 0.6) is 11.5 Å². The van der Waals surface area contributed by atoms with E-state index in [1.54, 1.807) is 54.3 Å². The molecule has 0 aliphatic carbocycles. The molecule has 0 radical (unpaired) electrons. The van der Waals surface area contributed by atoms with E-state index in [9.17, 15) is 9.59 Å². The van der Waals surface area contributed by atoms with E-state index in [0.717, 1.165) is 5.56 Å². The van der Waals surface area contributed by atoms with Gasteiger partial charge in [-0.15, -0.1) is 10.1 Å². The largest absolute Gasteiger partial charge is 0.493 e. The number of hydrazone groups is 1. The van der Waals surface area contributed by atoms with E-state index < -0.39 is 0 Å². The highest BCUT2D eigenvalue weighted by atomic mass is 79.9. The lowest BCUT2D eigenvalue weighted by atomic mass is 10.1. The number of hydrogen-bond acceptors (Lipinski definition) is 4. The molecule has 0 heterocycles. The highest BCUT2D eigenvalue weighted by Gasteiger charge is 2.18. The molecule has 0 saturated carbocycles. The third-order valence-corrected chi connectivity index (χ3v) is 5.03. The fraction of sp³-hybridized carbons (Fsp3) is 0.125. The SMILES string of the molecule is COc1ccc(C(=O)Nc2ccc(Br)cc2C(=O)N[N+](C)=Cc2ccccc2)cc1OC. The zero-order valence-electron chi connectivity index (χ0n) is 17.9. The van der Waals surface area contributed by atoms with Crippen molar-refractivity contribution >= 4 is 39.6 Å². The molecule has 0 aromatic heterocycles. The lowest BCUT2D eigenvalue weighted by Gasteiger charge is -2.12. The Labute approximate surface area is 194 Å². The lowest BCUT2D eigenvalue weighted by molar-refractivity contribution is -0.539. The molecule has 0 bridgehead atoms. The van der Waals surface area contributed by atoms with E-state index in [4.69, 9.17) is 9.47 Å². The maximum Gasteiger partial charge on any atom is 0.307 e. The lowest BCUT2D eigenvalue weighted by Crippen LogP contribution is -2.33. The van der Waals surface area contributed by atoms with Crippen molar-refractivity contribution in [2.24, 2.45) is 0 Å². The van der Waals surface area contributed by atoms with Gasteiger partial charge in [0.2, 0.25) is 6.21 Å². The van der Waals surface area contributed by atoms with Crippen molar-refractivity contribution in [1.29, 1.82) is 0 Å². The van der Waals surface area contributed by atoms with Crippen LogP contribution in [0.2, 0.25) is 0 Å². The van der Waals surface area contributed by atoms with Crippen molar-refractivity contribution < 1.29 is 23.7 Å². The Kier molecular flexibility index (Phi) is 7.62. The topological polar surface area (TPSA) is 79.7 Å². The molecular formula is C24H23BrN3O4+. The van der Waals surface area contributed by atoms with E-state index in [1.165, 1.54) is 14.2 Å². The monoisotopic (exact) mass is 496 g/mol. The van der Waals surface area contributed by atoms with E-state index in [0.29, 0.717) is 32.8 Å². The number of anilines is 1. The summed E-state index contributed by atoms with van der Waals surface area (Å²) >= 11 is 3.39. The number of carbonyl (C=O) groups is 2. The molecule has 2 amide bonds. The van der Waals surface area contributed by atoms with Gasteiger partial charge in [0, 0.05) is 15.6 Å². The van der Waals surface area contributed by atoms with Crippen LogP contribution < -0.4 is 20.2 Å². The first-order valence-electron chi connectivity index (χ1n) is 9.68. The third kappa shape index (κ3) is 5.73. The average molecular weight is 497 g/mol. The maximum atomic E-state index is 12.9. The van der Waals surface area contributed by atoms with Crippen LogP contribution in [-0.2, 0) is 0 Å². The van der Waals surface area contributed by atoms with Gasteiger partial charge in [-0.05, 0) is 48.5 Å². The Morgan fingerprint density at radius 1 is 0.906 bits per heavy atom. The van der Waals surface area contributed by atoms with Gasteiger partial charge in [0.15, 0.2) is 18.5 Å². The predicted octanol–water partition coefficient (Wildman–Crippen LogP) is 4.12. The van der Waals surface area contributed by atoms with Crippen LogP contribution >= 0.6 is 15.9 Å². The van der Waals surface area contributed by atoms with Crippen LogP contribution in [0.1, 0.15) is 26.3 Å². The van der Waals surface area contributed by atoms with Gasteiger partial charge in [0.25, 0.3) is 5.91 Å². The summed E-state index contributed by atoms with van der Waals surface area (Å²) in [6.45, 7) is 0. The summed E-state index contributed by atoms with van der Waals surface area (Å²) in [5, 5.41) is 2.80. The quantitative estimate of drug-likeness (QED) is 0.293. The summed E-state index contributed by atoms with van der Waals surface area (Å²) in [5.41, 5.74) is 4.77. The summed E-state index contributed by atoms with van der Waals surface area (Å²) in [5.74, 6) is 0.201. The molecule has 8 heteroatoms. The van der Waals surface area contributed by atoms with E-state index in [-0.39, 0.29) is 11.8 Å². The number of benzene rings is 3. The number of nitrogens with zero attached hydrogens (tertiary/aromatic N) is 1. The second-order valence-corrected chi connectivity index (χ2v) is 7.72. The van der Waals surface area contributed by atoms with Gasteiger partial charge in [-0.25, -0.2) is 0 Å². The Morgan fingerprint density at radius 3 is 2.31 bits per heavy atom. The van der Waals surface area contributed by atoms with Crippen molar-refractivity contribution in [3.05, 3.63) is 87.9 Å². The zero-order chi connectivity index (χ0) is 23.1.